The standard InChI is InChI=1S/2C4H9.2C2HF3O2.Sn/c2*1-3-4-2;2*3-2(4,5)1(6)7;/h2*1,3-4H2,2H3;2*(H,6,7);. The third-order valence-electron chi connectivity index (χ3n) is 1.90. The molecular weight excluding hydrogens is 441 g/mol. The van der Waals surface area contributed by atoms with E-state index in [4.69, 9.17) is 19.8 Å². The molecule has 23 heavy (non-hydrogen) atoms. The van der Waals surface area contributed by atoms with E-state index in [9.17, 15) is 26.3 Å². The Bertz CT molecular complexity index is 288. The van der Waals surface area contributed by atoms with E-state index in [0.717, 1.165) is 0 Å². The minimum absolute atomic E-state index is 0.149. The Labute approximate surface area is 140 Å². The molecule has 0 aromatic rings. The molecule has 0 aromatic carbocycles. The summed E-state index contributed by atoms with van der Waals surface area (Å²) in [5.41, 5.74) is 0. The van der Waals surface area contributed by atoms with Crippen LogP contribution in [0.4, 0.5) is 26.3 Å². The molecule has 4 nitrogen and oxygen atoms in total. The number of aliphatic carboxylic acids is 2. The number of unbranched alkanes of at least 4 members (excludes halogenated alkanes) is 2. The Balaban J connectivity index is -0.000000264. The van der Waals surface area contributed by atoms with Crippen molar-refractivity contribution in [2.45, 2.75) is 60.8 Å². The summed E-state index contributed by atoms with van der Waals surface area (Å²) in [7, 11) is 0. The van der Waals surface area contributed by atoms with Crippen molar-refractivity contribution in [2.75, 3.05) is 0 Å². The van der Waals surface area contributed by atoms with Gasteiger partial charge in [-0.3, -0.25) is 0 Å². The van der Waals surface area contributed by atoms with E-state index in [1.54, 1.807) is 8.87 Å². The molecule has 0 amide bonds. The molecule has 2 radical (unpaired) electrons. The fourth-order valence-electron chi connectivity index (χ4n) is 0.729. The average molecular weight is 461 g/mol. The molecule has 0 saturated carbocycles. The van der Waals surface area contributed by atoms with Crippen LogP contribution in [0.25, 0.3) is 0 Å². The van der Waals surface area contributed by atoms with E-state index in [0.29, 0.717) is 0 Å². The maximum Gasteiger partial charge on any atom is 0.490 e. The number of rotatable bonds is 6. The number of carbonyl (C=O) groups is 2. The zero-order valence-corrected chi connectivity index (χ0v) is 15.6. The number of halogens is 6. The van der Waals surface area contributed by atoms with Crippen LogP contribution >= 0.6 is 0 Å². The summed E-state index contributed by atoms with van der Waals surface area (Å²) in [6.07, 6.45) is -4.33. The number of hydrogen-bond donors (Lipinski definition) is 2. The van der Waals surface area contributed by atoms with Gasteiger partial charge in [-0.1, -0.05) is 0 Å². The smallest absolute Gasteiger partial charge is 0.475 e. The SMILES string of the molecule is CCC[CH2][Sn][CH2]CCC.O=C(O)C(F)(F)F.O=C(O)C(F)(F)F. The van der Waals surface area contributed by atoms with Crippen LogP contribution in [0.5, 0.6) is 0 Å². The molecule has 2 N–H and O–H groups in total. The first-order chi connectivity index (χ1) is 10.3. The molecule has 0 spiro atoms. The van der Waals surface area contributed by atoms with E-state index in [-0.39, 0.29) is 21.1 Å². The molecule has 0 aromatic heterocycles. The molecule has 0 aliphatic rings. The van der Waals surface area contributed by atoms with Gasteiger partial charge in [0.1, 0.15) is 0 Å². The van der Waals surface area contributed by atoms with E-state index >= 15 is 0 Å². The summed E-state index contributed by atoms with van der Waals surface area (Å²) >= 11 is 0.149. The average Bonchev–Trinajstić information content (AvgIpc) is 2.38. The second kappa shape index (κ2) is 14.9. The van der Waals surface area contributed by atoms with Crippen LogP contribution in [0.1, 0.15) is 39.5 Å². The van der Waals surface area contributed by atoms with Crippen LogP contribution < -0.4 is 0 Å². The monoisotopic (exact) mass is 462 g/mol. The van der Waals surface area contributed by atoms with Crippen molar-refractivity contribution in [3.63, 3.8) is 0 Å². The van der Waals surface area contributed by atoms with Gasteiger partial charge in [-0.2, -0.15) is 26.3 Å². The van der Waals surface area contributed by atoms with Gasteiger partial charge in [0.05, 0.1) is 0 Å². The third kappa shape index (κ3) is 26.5. The molecule has 0 atom stereocenters. The Morgan fingerprint density at radius 3 is 1.13 bits per heavy atom. The predicted octanol–water partition coefficient (Wildman–Crippen LogP) is 4.39. The van der Waals surface area contributed by atoms with Gasteiger partial charge in [0.25, 0.3) is 0 Å². The Hall–Kier alpha value is -0.681. The van der Waals surface area contributed by atoms with Crippen LogP contribution in [-0.2, 0) is 9.59 Å². The van der Waals surface area contributed by atoms with Crippen LogP contribution in [0.3, 0.4) is 0 Å². The molecule has 138 valence electrons. The van der Waals surface area contributed by atoms with Crippen LogP contribution in [-0.4, -0.2) is 55.6 Å². The maximum atomic E-state index is 10.6. The van der Waals surface area contributed by atoms with Crippen molar-refractivity contribution >= 4 is 33.1 Å². The molecule has 0 aliphatic carbocycles. The van der Waals surface area contributed by atoms with Gasteiger partial charge in [-0.15, -0.1) is 0 Å². The first-order valence-electron chi connectivity index (χ1n) is 6.61. The number of alkyl halides is 6. The van der Waals surface area contributed by atoms with Gasteiger partial charge in [-0.05, 0) is 0 Å². The molecule has 11 heteroatoms. The summed E-state index contributed by atoms with van der Waals surface area (Å²) in [5, 5.41) is 14.2. The predicted molar refractivity (Wildman–Crippen MR) is 72.6 cm³/mol. The summed E-state index contributed by atoms with van der Waals surface area (Å²) < 4.78 is 66.7. The van der Waals surface area contributed by atoms with Gasteiger partial charge < -0.3 is 10.2 Å². The Morgan fingerprint density at radius 2 is 1.00 bits per heavy atom. The molecule has 0 aliphatic heterocycles. The second-order valence-corrected chi connectivity index (χ2v) is 8.34. The summed E-state index contributed by atoms with van der Waals surface area (Å²) in [6, 6.07) is 0. The van der Waals surface area contributed by atoms with E-state index in [1.807, 2.05) is 0 Å². The van der Waals surface area contributed by atoms with Crippen molar-refractivity contribution in [3.05, 3.63) is 0 Å². The number of carboxylic acids is 2. The molecular formula is C12H20F6O4Sn. The molecule has 0 heterocycles. The van der Waals surface area contributed by atoms with Crippen molar-refractivity contribution in [3.8, 4) is 0 Å². The zero-order chi connectivity index (χ0) is 19.1. The van der Waals surface area contributed by atoms with Gasteiger partial charge in [0, 0.05) is 0 Å². The van der Waals surface area contributed by atoms with Crippen molar-refractivity contribution in [1.29, 1.82) is 0 Å². The van der Waals surface area contributed by atoms with Crippen LogP contribution in [0.2, 0.25) is 8.87 Å². The van der Waals surface area contributed by atoms with Crippen LogP contribution in [0.15, 0.2) is 0 Å². The fraction of sp³-hybridized carbons (Fsp3) is 0.833. The van der Waals surface area contributed by atoms with Gasteiger partial charge in [0.2, 0.25) is 0 Å². The maximum absolute atomic E-state index is 10.6. The quantitative estimate of drug-likeness (QED) is 0.350. The Kier molecular flexibility index (Phi) is 17.6. The van der Waals surface area contributed by atoms with Gasteiger partial charge >= 0.3 is 93.8 Å². The second-order valence-electron chi connectivity index (χ2n) is 4.06. The molecule has 0 rings (SSSR count). The topological polar surface area (TPSA) is 74.6 Å². The van der Waals surface area contributed by atoms with Gasteiger partial charge in [0.15, 0.2) is 0 Å². The van der Waals surface area contributed by atoms with Crippen LogP contribution in [0, 0.1) is 0 Å². The normalized spacial score (nSPS) is 10.8. The largest absolute Gasteiger partial charge is 0.490 e. The van der Waals surface area contributed by atoms with Gasteiger partial charge in [-0.25, -0.2) is 9.59 Å². The molecule has 0 bridgehead atoms. The van der Waals surface area contributed by atoms with Crippen molar-refractivity contribution < 1.29 is 46.1 Å². The van der Waals surface area contributed by atoms with E-state index < -0.39 is 24.3 Å². The fourth-order valence-corrected chi connectivity index (χ4v) is 4.89. The zero-order valence-electron chi connectivity index (χ0n) is 12.7. The number of hydrogen-bond acceptors (Lipinski definition) is 2. The van der Waals surface area contributed by atoms with Crippen molar-refractivity contribution in [2.24, 2.45) is 0 Å². The summed E-state index contributed by atoms with van der Waals surface area (Å²) in [6.45, 7) is 4.58. The summed E-state index contributed by atoms with van der Waals surface area (Å²) in [4.78, 5) is 17.8. The molecule has 0 fully saturated rings. The minimum atomic E-state index is -5.08. The Morgan fingerprint density at radius 1 is 0.783 bits per heavy atom. The van der Waals surface area contributed by atoms with Crippen molar-refractivity contribution in [1.82, 2.24) is 0 Å². The first kappa shape index (κ1) is 27.2. The first-order valence-corrected chi connectivity index (χ1v) is 10.6. The van der Waals surface area contributed by atoms with E-state index in [2.05, 4.69) is 13.8 Å². The number of carboxylic acid groups (broad SMARTS) is 2. The molecule has 0 unspecified atom stereocenters. The summed E-state index contributed by atoms with van der Waals surface area (Å²) in [5.74, 6) is -5.51. The van der Waals surface area contributed by atoms with E-state index in [1.165, 1.54) is 25.7 Å². The minimum Gasteiger partial charge on any atom is -0.475 e. The third-order valence-corrected chi connectivity index (χ3v) is 5.94. The molecule has 0 saturated heterocycles.